The Balaban J connectivity index is 2.16. The molecule has 2 rings (SSSR count). The van der Waals surface area contributed by atoms with Crippen molar-refractivity contribution in [3.8, 4) is 0 Å². The first-order valence-corrected chi connectivity index (χ1v) is 7.79. The van der Waals surface area contributed by atoms with E-state index in [4.69, 9.17) is 28.9 Å². The normalized spacial score (nSPS) is 25.7. The van der Waals surface area contributed by atoms with Gasteiger partial charge in [0.05, 0.1) is 15.5 Å². The number of rotatable bonds is 3. The highest BCUT2D eigenvalue weighted by Crippen LogP contribution is 2.39. The van der Waals surface area contributed by atoms with Crippen LogP contribution in [0.5, 0.6) is 0 Å². The van der Waals surface area contributed by atoms with Gasteiger partial charge in [0.1, 0.15) is 0 Å². The number of anilines is 1. The molecule has 0 heterocycles. The molecule has 0 spiro atoms. The topological polar surface area (TPSA) is 55.1 Å². The summed E-state index contributed by atoms with van der Waals surface area (Å²) >= 11 is 11.5. The first-order valence-electron chi connectivity index (χ1n) is 7.04. The van der Waals surface area contributed by atoms with Crippen molar-refractivity contribution in [1.29, 1.82) is 0 Å². The van der Waals surface area contributed by atoms with Crippen molar-refractivity contribution < 1.29 is 9.18 Å². The summed E-state index contributed by atoms with van der Waals surface area (Å²) in [6.45, 7) is 2.48. The summed E-state index contributed by atoms with van der Waals surface area (Å²) in [7, 11) is 0. The molecule has 0 aliphatic heterocycles. The summed E-state index contributed by atoms with van der Waals surface area (Å²) in [5.74, 6) is -0.209. The molecule has 0 unspecified atom stereocenters. The second kappa shape index (κ2) is 6.51. The van der Waals surface area contributed by atoms with Crippen LogP contribution in [0.4, 0.5) is 10.1 Å². The molecular weight excluding hydrogens is 314 g/mol. The molecule has 1 aliphatic carbocycles. The molecule has 1 fully saturated rings. The van der Waals surface area contributed by atoms with Gasteiger partial charge in [-0.05, 0) is 43.7 Å². The Bertz CT molecular complexity index is 519. The third kappa shape index (κ3) is 3.50. The van der Waals surface area contributed by atoms with Gasteiger partial charge < -0.3 is 11.1 Å². The van der Waals surface area contributed by atoms with E-state index in [0.29, 0.717) is 18.2 Å². The quantitative estimate of drug-likeness (QED) is 0.814. The Morgan fingerprint density at radius 3 is 2.38 bits per heavy atom. The van der Waals surface area contributed by atoms with Gasteiger partial charge in [-0.25, -0.2) is 4.39 Å². The highest BCUT2D eigenvalue weighted by atomic mass is 35.5. The van der Waals surface area contributed by atoms with Gasteiger partial charge in [0.15, 0.2) is 5.82 Å². The lowest BCUT2D eigenvalue weighted by Crippen LogP contribution is -2.44. The average molecular weight is 333 g/mol. The molecule has 0 bridgehead atoms. The van der Waals surface area contributed by atoms with E-state index in [1.807, 2.05) is 0 Å². The van der Waals surface area contributed by atoms with Crippen LogP contribution in [0.15, 0.2) is 12.1 Å². The number of hydrogen-bond acceptors (Lipinski definition) is 2. The zero-order valence-electron chi connectivity index (χ0n) is 11.9. The van der Waals surface area contributed by atoms with Crippen molar-refractivity contribution >= 4 is 34.8 Å². The van der Waals surface area contributed by atoms with Crippen LogP contribution >= 0.6 is 23.2 Å². The number of nitrogens with two attached hydrogens (primary N) is 1. The zero-order chi connectivity index (χ0) is 15.6. The van der Waals surface area contributed by atoms with Gasteiger partial charge in [0.25, 0.3) is 0 Å². The van der Waals surface area contributed by atoms with Crippen LogP contribution in [0.3, 0.4) is 0 Å². The molecule has 0 atom stereocenters. The second-order valence-corrected chi connectivity index (χ2v) is 6.69. The summed E-state index contributed by atoms with van der Waals surface area (Å²) in [6, 6.07) is 2.71. The van der Waals surface area contributed by atoms with E-state index >= 15 is 0 Å². The molecule has 1 aromatic rings. The largest absolute Gasteiger partial charge is 0.329 e. The van der Waals surface area contributed by atoms with Crippen molar-refractivity contribution in [2.24, 2.45) is 17.1 Å². The molecule has 3 N–H and O–H groups in total. The summed E-state index contributed by atoms with van der Waals surface area (Å²) in [6.07, 6.45) is 3.49. The van der Waals surface area contributed by atoms with E-state index in [2.05, 4.69) is 12.2 Å². The summed E-state index contributed by atoms with van der Waals surface area (Å²) in [5, 5.41) is 2.54. The third-order valence-corrected chi connectivity index (χ3v) is 4.90. The molecule has 1 amide bonds. The zero-order valence-corrected chi connectivity index (χ0v) is 13.4. The fourth-order valence-electron chi connectivity index (χ4n) is 2.73. The van der Waals surface area contributed by atoms with Gasteiger partial charge in [-0.1, -0.05) is 30.1 Å². The van der Waals surface area contributed by atoms with Crippen molar-refractivity contribution in [2.75, 3.05) is 11.9 Å². The lowest BCUT2D eigenvalue weighted by atomic mass is 9.70. The van der Waals surface area contributed by atoms with E-state index in [-0.39, 0.29) is 16.0 Å². The molecule has 0 aromatic heterocycles. The Morgan fingerprint density at radius 1 is 1.38 bits per heavy atom. The maximum atomic E-state index is 13.4. The van der Waals surface area contributed by atoms with Crippen LogP contribution in [0, 0.1) is 17.2 Å². The maximum absolute atomic E-state index is 13.4. The first kappa shape index (κ1) is 16.5. The molecule has 1 aliphatic rings. The highest BCUT2D eigenvalue weighted by molar-refractivity contribution is 6.35. The molecule has 21 heavy (non-hydrogen) atoms. The lowest BCUT2D eigenvalue weighted by Gasteiger charge is -2.37. The van der Waals surface area contributed by atoms with Gasteiger partial charge in [0, 0.05) is 12.2 Å². The van der Waals surface area contributed by atoms with Gasteiger partial charge >= 0.3 is 0 Å². The minimum absolute atomic E-state index is 0.114. The number of carbonyl (C=O) groups excluding carboxylic acids is 1. The predicted octanol–water partition coefficient (Wildman–Crippen LogP) is 4.23. The van der Waals surface area contributed by atoms with Crippen LogP contribution in [0.1, 0.15) is 32.6 Å². The molecule has 0 saturated heterocycles. The average Bonchev–Trinajstić information content (AvgIpc) is 2.45. The fourth-order valence-corrected chi connectivity index (χ4v) is 3.22. The van der Waals surface area contributed by atoms with Crippen molar-refractivity contribution in [1.82, 2.24) is 0 Å². The van der Waals surface area contributed by atoms with Crippen molar-refractivity contribution in [2.45, 2.75) is 32.6 Å². The molecular formula is C15H19Cl2FN2O. The van der Waals surface area contributed by atoms with Gasteiger partial charge in [0.2, 0.25) is 5.91 Å². The molecule has 3 nitrogen and oxygen atoms in total. The van der Waals surface area contributed by atoms with Gasteiger partial charge in [-0.3, -0.25) is 4.79 Å². The number of amides is 1. The van der Waals surface area contributed by atoms with Crippen LogP contribution in [0.2, 0.25) is 10.0 Å². The summed E-state index contributed by atoms with van der Waals surface area (Å²) < 4.78 is 13.4. The Morgan fingerprint density at radius 2 is 1.90 bits per heavy atom. The van der Waals surface area contributed by atoms with Crippen molar-refractivity contribution in [3.63, 3.8) is 0 Å². The number of halogens is 3. The SMILES string of the molecule is CC1CCC(CN)(C(=O)Nc2cc(Cl)c(F)c(Cl)c2)CC1. The number of benzene rings is 1. The van der Waals surface area contributed by atoms with E-state index in [0.717, 1.165) is 25.7 Å². The molecule has 6 heteroatoms. The summed E-state index contributed by atoms with van der Waals surface area (Å²) in [4.78, 5) is 12.6. The minimum Gasteiger partial charge on any atom is -0.329 e. The van der Waals surface area contributed by atoms with E-state index in [1.54, 1.807) is 0 Å². The van der Waals surface area contributed by atoms with Crippen LogP contribution in [-0.2, 0) is 4.79 Å². The van der Waals surface area contributed by atoms with E-state index < -0.39 is 11.2 Å². The molecule has 1 saturated carbocycles. The highest BCUT2D eigenvalue weighted by Gasteiger charge is 2.39. The van der Waals surface area contributed by atoms with Crippen LogP contribution < -0.4 is 11.1 Å². The van der Waals surface area contributed by atoms with Crippen molar-refractivity contribution in [3.05, 3.63) is 28.0 Å². The smallest absolute Gasteiger partial charge is 0.231 e. The fraction of sp³-hybridized carbons (Fsp3) is 0.533. The second-order valence-electron chi connectivity index (χ2n) is 5.87. The lowest BCUT2D eigenvalue weighted by molar-refractivity contribution is -0.127. The van der Waals surface area contributed by atoms with Gasteiger partial charge in [-0.2, -0.15) is 0 Å². The van der Waals surface area contributed by atoms with Crippen LogP contribution in [0.25, 0.3) is 0 Å². The summed E-state index contributed by atoms with van der Waals surface area (Å²) in [5.41, 5.74) is 5.69. The molecule has 116 valence electrons. The number of carbonyl (C=O) groups is 1. The number of hydrogen-bond donors (Lipinski definition) is 2. The van der Waals surface area contributed by atoms with Gasteiger partial charge in [-0.15, -0.1) is 0 Å². The predicted molar refractivity (Wildman–Crippen MR) is 84.2 cm³/mol. The standard InChI is InChI=1S/C15H19Cl2FN2O/c1-9-2-4-15(8-19,5-3-9)14(21)20-10-6-11(16)13(18)12(17)7-10/h6-7,9H,2-5,8,19H2,1H3,(H,20,21). The molecule has 1 aromatic carbocycles. The Hall–Kier alpha value is -0.840. The third-order valence-electron chi connectivity index (χ3n) is 4.35. The Kier molecular flexibility index (Phi) is 5.12. The monoisotopic (exact) mass is 332 g/mol. The molecule has 0 radical (unpaired) electrons. The van der Waals surface area contributed by atoms with Crippen LogP contribution in [-0.4, -0.2) is 12.5 Å². The maximum Gasteiger partial charge on any atom is 0.231 e. The Labute approximate surface area is 134 Å². The first-order chi connectivity index (χ1) is 9.88. The van der Waals surface area contributed by atoms with E-state index in [9.17, 15) is 9.18 Å². The minimum atomic E-state index is -0.684. The van der Waals surface area contributed by atoms with E-state index in [1.165, 1.54) is 12.1 Å². The number of nitrogens with one attached hydrogen (secondary N) is 1.